The SMILES string of the molecule is Cc1nc(-c2ccn(C[C@H](C)c3ccccc3)n2)sc1C(=O)NCc1ccccc1. The van der Waals surface area contributed by atoms with Crippen LogP contribution < -0.4 is 5.32 Å². The molecule has 1 amide bonds. The van der Waals surface area contributed by atoms with Crippen LogP contribution in [0, 0.1) is 6.92 Å². The zero-order valence-electron chi connectivity index (χ0n) is 17.1. The average molecular weight is 417 g/mol. The number of benzene rings is 2. The molecule has 0 aliphatic heterocycles. The second-order valence-corrected chi connectivity index (χ2v) is 8.34. The van der Waals surface area contributed by atoms with E-state index in [9.17, 15) is 4.79 Å². The quantitative estimate of drug-likeness (QED) is 0.459. The van der Waals surface area contributed by atoms with E-state index in [0.717, 1.165) is 28.5 Å². The molecule has 4 aromatic rings. The number of aryl methyl sites for hydroxylation is 1. The molecule has 0 bridgehead atoms. The van der Waals surface area contributed by atoms with Crippen LogP contribution in [0.5, 0.6) is 0 Å². The Hall–Kier alpha value is -3.25. The number of thiazole rings is 1. The van der Waals surface area contributed by atoms with Crippen molar-refractivity contribution in [3.05, 3.63) is 94.6 Å². The average Bonchev–Trinajstić information content (AvgIpc) is 3.40. The number of carbonyl (C=O) groups is 1. The van der Waals surface area contributed by atoms with Crippen LogP contribution in [0.4, 0.5) is 0 Å². The third-order valence-corrected chi connectivity index (χ3v) is 6.17. The lowest BCUT2D eigenvalue weighted by Crippen LogP contribution is -2.22. The van der Waals surface area contributed by atoms with Gasteiger partial charge in [0.2, 0.25) is 0 Å². The lowest BCUT2D eigenvalue weighted by Gasteiger charge is -2.11. The van der Waals surface area contributed by atoms with Crippen LogP contribution in [-0.2, 0) is 13.1 Å². The largest absolute Gasteiger partial charge is 0.347 e. The molecule has 1 atom stereocenters. The molecule has 0 saturated heterocycles. The predicted molar refractivity (Wildman–Crippen MR) is 121 cm³/mol. The molecule has 2 aromatic carbocycles. The van der Waals surface area contributed by atoms with E-state index in [0.29, 0.717) is 17.3 Å². The zero-order valence-corrected chi connectivity index (χ0v) is 17.9. The summed E-state index contributed by atoms with van der Waals surface area (Å²) in [5.74, 6) is 0.258. The van der Waals surface area contributed by atoms with E-state index >= 15 is 0 Å². The Bertz CT molecular complexity index is 1120. The van der Waals surface area contributed by atoms with Crippen molar-refractivity contribution >= 4 is 17.2 Å². The summed E-state index contributed by atoms with van der Waals surface area (Å²) in [6.07, 6.45) is 1.97. The molecule has 2 aromatic heterocycles. The van der Waals surface area contributed by atoms with Crippen molar-refractivity contribution < 1.29 is 4.79 Å². The van der Waals surface area contributed by atoms with Crippen molar-refractivity contribution in [1.29, 1.82) is 0 Å². The number of hydrogen-bond acceptors (Lipinski definition) is 4. The van der Waals surface area contributed by atoms with Gasteiger partial charge in [-0.15, -0.1) is 11.3 Å². The summed E-state index contributed by atoms with van der Waals surface area (Å²) < 4.78 is 1.94. The highest BCUT2D eigenvalue weighted by Gasteiger charge is 2.18. The Labute approximate surface area is 180 Å². The van der Waals surface area contributed by atoms with Crippen molar-refractivity contribution in [2.45, 2.75) is 32.9 Å². The highest BCUT2D eigenvalue weighted by atomic mass is 32.1. The fourth-order valence-corrected chi connectivity index (χ4v) is 4.27. The van der Waals surface area contributed by atoms with Gasteiger partial charge in [-0.25, -0.2) is 4.98 Å². The van der Waals surface area contributed by atoms with Gasteiger partial charge in [0.05, 0.1) is 5.69 Å². The number of hydrogen-bond donors (Lipinski definition) is 1. The first kappa shape index (κ1) is 20.0. The van der Waals surface area contributed by atoms with Crippen molar-refractivity contribution in [2.75, 3.05) is 0 Å². The number of nitrogens with zero attached hydrogens (tertiary/aromatic N) is 3. The summed E-state index contributed by atoms with van der Waals surface area (Å²) in [5.41, 5.74) is 3.88. The monoisotopic (exact) mass is 416 g/mol. The van der Waals surface area contributed by atoms with Gasteiger partial charge in [-0.3, -0.25) is 9.48 Å². The van der Waals surface area contributed by atoms with E-state index in [1.165, 1.54) is 16.9 Å². The summed E-state index contributed by atoms with van der Waals surface area (Å²) in [6.45, 7) is 5.35. The first-order chi connectivity index (χ1) is 14.6. The number of aromatic nitrogens is 3. The standard InChI is InChI=1S/C24H24N4OS/c1-17(20-11-7-4-8-12-20)16-28-14-13-21(27-28)24-26-18(2)22(30-24)23(29)25-15-19-9-5-3-6-10-19/h3-14,17H,15-16H2,1-2H3,(H,25,29)/t17-/m0/s1. The van der Waals surface area contributed by atoms with Crippen LogP contribution in [-0.4, -0.2) is 20.7 Å². The molecule has 0 aliphatic rings. The third kappa shape index (κ3) is 4.66. The molecule has 1 N–H and O–H groups in total. The van der Waals surface area contributed by atoms with E-state index < -0.39 is 0 Å². The highest BCUT2D eigenvalue weighted by molar-refractivity contribution is 7.17. The van der Waals surface area contributed by atoms with E-state index in [4.69, 9.17) is 0 Å². The van der Waals surface area contributed by atoms with Crippen LogP contribution in [0.3, 0.4) is 0 Å². The van der Waals surface area contributed by atoms with Gasteiger partial charge in [0.15, 0.2) is 0 Å². The minimum atomic E-state index is -0.0998. The van der Waals surface area contributed by atoms with Gasteiger partial charge in [0.1, 0.15) is 15.6 Å². The van der Waals surface area contributed by atoms with E-state index in [-0.39, 0.29) is 5.91 Å². The molecule has 0 aliphatic carbocycles. The summed E-state index contributed by atoms with van der Waals surface area (Å²) in [6, 6.07) is 22.3. The fraction of sp³-hybridized carbons (Fsp3) is 0.208. The number of carbonyl (C=O) groups excluding carboxylic acids is 1. The number of nitrogens with one attached hydrogen (secondary N) is 1. The van der Waals surface area contributed by atoms with Gasteiger partial charge in [-0.2, -0.15) is 5.10 Å². The minimum Gasteiger partial charge on any atom is -0.347 e. The van der Waals surface area contributed by atoms with Gasteiger partial charge in [0.25, 0.3) is 5.91 Å². The maximum atomic E-state index is 12.6. The molecule has 6 heteroatoms. The first-order valence-corrected chi connectivity index (χ1v) is 10.8. The molecule has 0 fully saturated rings. The molecule has 0 radical (unpaired) electrons. The van der Waals surface area contributed by atoms with Crippen LogP contribution in [0.15, 0.2) is 72.9 Å². The maximum Gasteiger partial charge on any atom is 0.263 e. The summed E-state index contributed by atoms with van der Waals surface area (Å²) in [7, 11) is 0. The molecular weight excluding hydrogens is 392 g/mol. The third-order valence-electron chi connectivity index (χ3n) is 4.99. The van der Waals surface area contributed by atoms with Gasteiger partial charge in [-0.05, 0) is 24.1 Å². The molecule has 152 valence electrons. The maximum absolute atomic E-state index is 12.6. The van der Waals surface area contributed by atoms with Crippen molar-refractivity contribution in [3.8, 4) is 10.7 Å². The van der Waals surface area contributed by atoms with E-state index in [1.807, 2.05) is 60.3 Å². The molecule has 2 heterocycles. The normalized spacial score (nSPS) is 11.9. The first-order valence-electron chi connectivity index (χ1n) is 9.98. The van der Waals surface area contributed by atoms with Crippen LogP contribution >= 0.6 is 11.3 Å². The Morgan fingerprint density at radius 3 is 2.50 bits per heavy atom. The van der Waals surface area contributed by atoms with Crippen LogP contribution in [0.1, 0.15) is 39.3 Å². The molecule has 0 spiro atoms. The molecular formula is C24H24N4OS. The Kier molecular flexibility index (Phi) is 6.05. The summed E-state index contributed by atoms with van der Waals surface area (Å²) in [4.78, 5) is 17.8. The zero-order chi connectivity index (χ0) is 20.9. The van der Waals surface area contributed by atoms with E-state index in [2.05, 4.69) is 46.6 Å². The number of rotatable bonds is 7. The summed E-state index contributed by atoms with van der Waals surface area (Å²) >= 11 is 1.39. The molecule has 0 saturated carbocycles. The molecule has 4 rings (SSSR count). The van der Waals surface area contributed by atoms with Crippen LogP contribution in [0.25, 0.3) is 10.7 Å². The minimum absolute atomic E-state index is 0.0998. The van der Waals surface area contributed by atoms with Gasteiger partial charge >= 0.3 is 0 Å². The van der Waals surface area contributed by atoms with Crippen molar-refractivity contribution in [1.82, 2.24) is 20.1 Å². The predicted octanol–water partition coefficient (Wildman–Crippen LogP) is 5.05. The fourth-order valence-electron chi connectivity index (χ4n) is 3.32. The van der Waals surface area contributed by atoms with Crippen molar-refractivity contribution in [2.24, 2.45) is 0 Å². The smallest absolute Gasteiger partial charge is 0.263 e. The molecule has 0 unspecified atom stereocenters. The number of amides is 1. The molecule has 5 nitrogen and oxygen atoms in total. The lowest BCUT2D eigenvalue weighted by molar-refractivity contribution is 0.0954. The summed E-state index contributed by atoms with van der Waals surface area (Å²) in [5, 5.41) is 8.43. The topological polar surface area (TPSA) is 59.8 Å². The lowest BCUT2D eigenvalue weighted by atomic mass is 10.0. The highest BCUT2D eigenvalue weighted by Crippen LogP contribution is 2.27. The van der Waals surface area contributed by atoms with Crippen molar-refractivity contribution in [3.63, 3.8) is 0 Å². The molecule has 30 heavy (non-hydrogen) atoms. The van der Waals surface area contributed by atoms with Gasteiger partial charge in [-0.1, -0.05) is 67.6 Å². The second kappa shape index (κ2) is 9.05. The van der Waals surface area contributed by atoms with Crippen LogP contribution in [0.2, 0.25) is 0 Å². The Morgan fingerprint density at radius 2 is 1.77 bits per heavy atom. The Balaban J connectivity index is 1.43. The Morgan fingerprint density at radius 1 is 1.07 bits per heavy atom. The van der Waals surface area contributed by atoms with E-state index in [1.54, 1.807) is 0 Å². The van der Waals surface area contributed by atoms with Gasteiger partial charge < -0.3 is 5.32 Å². The second-order valence-electron chi connectivity index (χ2n) is 7.34. The van der Waals surface area contributed by atoms with Gasteiger partial charge in [0, 0.05) is 25.2 Å².